The van der Waals surface area contributed by atoms with Crippen molar-refractivity contribution in [2.45, 2.75) is 63.0 Å². The zero-order chi connectivity index (χ0) is 13.0. The first-order valence-electron chi connectivity index (χ1n) is 6.87. The molecular weight excluding hydrogens is 242 g/mol. The molecule has 100 valence electrons. The van der Waals surface area contributed by atoms with Crippen LogP contribution in [0.25, 0.3) is 0 Å². The SMILES string of the molecule is CC(C)c1nc(CSC2CCCC2)ncc1CN. The lowest BCUT2D eigenvalue weighted by molar-refractivity contribution is 0.769. The summed E-state index contributed by atoms with van der Waals surface area (Å²) >= 11 is 2.01. The van der Waals surface area contributed by atoms with E-state index >= 15 is 0 Å². The van der Waals surface area contributed by atoms with E-state index in [4.69, 9.17) is 10.7 Å². The van der Waals surface area contributed by atoms with Crippen molar-refractivity contribution in [3.8, 4) is 0 Å². The predicted molar refractivity (Wildman–Crippen MR) is 77.6 cm³/mol. The van der Waals surface area contributed by atoms with Crippen LogP contribution in [0.5, 0.6) is 0 Å². The molecule has 2 N–H and O–H groups in total. The van der Waals surface area contributed by atoms with Crippen LogP contribution >= 0.6 is 11.8 Å². The molecule has 1 heterocycles. The summed E-state index contributed by atoms with van der Waals surface area (Å²) in [6, 6.07) is 0. The normalized spacial score (nSPS) is 16.7. The molecule has 0 saturated heterocycles. The molecule has 4 heteroatoms. The second-order valence-electron chi connectivity index (χ2n) is 5.27. The lowest BCUT2D eigenvalue weighted by atomic mass is 10.1. The van der Waals surface area contributed by atoms with Crippen molar-refractivity contribution in [3.05, 3.63) is 23.3 Å². The molecule has 0 radical (unpaired) electrons. The molecule has 1 saturated carbocycles. The summed E-state index contributed by atoms with van der Waals surface area (Å²) in [6.07, 6.45) is 7.42. The highest BCUT2D eigenvalue weighted by molar-refractivity contribution is 7.99. The van der Waals surface area contributed by atoms with E-state index in [0.29, 0.717) is 12.5 Å². The van der Waals surface area contributed by atoms with Crippen molar-refractivity contribution in [2.24, 2.45) is 5.73 Å². The van der Waals surface area contributed by atoms with Gasteiger partial charge in [-0.1, -0.05) is 26.7 Å². The Hall–Kier alpha value is -0.610. The second-order valence-corrected chi connectivity index (χ2v) is 6.56. The molecule has 0 aromatic carbocycles. The fourth-order valence-electron chi connectivity index (χ4n) is 2.43. The average molecular weight is 265 g/mol. The predicted octanol–water partition coefficient (Wildman–Crippen LogP) is 3.23. The minimum atomic E-state index is 0.418. The van der Waals surface area contributed by atoms with Gasteiger partial charge in [0.15, 0.2) is 0 Å². The molecule has 0 bridgehead atoms. The number of aromatic nitrogens is 2. The standard InChI is InChI=1S/C14H23N3S/c1-10(2)14-11(7-15)8-16-13(17-14)9-18-12-5-3-4-6-12/h8,10,12H,3-7,9,15H2,1-2H3. The summed E-state index contributed by atoms with van der Waals surface area (Å²) in [5.74, 6) is 2.32. The highest BCUT2D eigenvalue weighted by atomic mass is 32.2. The summed E-state index contributed by atoms with van der Waals surface area (Å²) in [6.45, 7) is 4.86. The Morgan fingerprint density at radius 1 is 1.39 bits per heavy atom. The molecule has 0 unspecified atom stereocenters. The molecule has 1 fully saturated rings. The first-order valence-corrected chi connectivity index (χ1v) is 7.92. The van der Waals surface area contributed by atoms with Gasteiger partial charge in [0.05, 0.1) is 11.4 Å². The van der Waals surface area contributed by atoms with E-state index in [1.807, 2.05) is 18.0 Å². The number of rotatable bonds is 5. The van der Waals surface area contributed by atoms with Gasteiger partial charge in [0, 0.05) is 23.6 Å². The van der Waals surface area contributed by atoms with Crippen LogP contribution in [-0.2, 0) is 12.3 Å². The maximum absolute atomic E-state index is 5.73. The Bertz CT molecular complexity index is 387. The molecule has 0 aliphatic heterocycles. The van der Waals surface area contributed by atoms with E-state index in [1.54, 1.807) is 0 Å². The highest BCUT2D eigenvalue weighted by Gasteiger charge is 2.16. The minimum Gasteiger partial charge on any atom is -0.326 e. The van der Waals surface area contributed by atoms with Crippen molar-refractivity contribution in [1.29, 1.82) is 0 Å². The molecule has 0 amide bonds. The van der Waals surface area contributed by atoms with Gasteiger partial charge in [-0.05, 0) is 18.8 Å². The van der Waals surface area contributed by atoms with Gasteiger partial charge in [-0.2, -0.15) is 11.8 Å². The maximum atomic E-state index is 5.73. The van der Waals surface area contributed by atoms with Crippen molar-refractivity contribution in [3.63, 3.8) is 0 Å². The van der Waals surface area contributed by atoms with Gasteiger partial charge in [-0.3, -0.25) is 0 Å². The van der Waals surface area contributed by atoms with Crippen molar-refractivity contribution < 1.29 is 0 Å². The van der Waals surface area contributed by atoms with Gasteiger partial charge in [-0.15, -0.1) is 0 Å². The zero-order valence-corrected chi connectivity index (χ0v) is 12.2. The third-order valence-electron chi connectivity index (χ3n) is 3.47. The van der Waals surface area contributed by atoms with Gasteiger partial charge >= 0.3 is 0 Å². The Balaban J connectivity index is 2.01. The van der Waals surface area contributed by atoms with Crippen molar-refractivity contribution >= 4 is 11.8 Å². The Morgan fingerprint density at radius 2 is 2.11 bits per heavy atom. The Morgan fingerprint density at radius 3 is 2.72 bits per heavy atom. The number of thioether (sulfide) groups is 1. The number of hydrogen-bond donors (Lipinski definition) is 1. The molecule has 2 rings (SSSR count). The molecule has 3 nitrogen and oxygen atoms in total. The molecule has 1 aliphatic carbocycles. The number of nitrogens with two attached hydrogens (primary N) is 1. The van der Waals surface area contributed by atoms with E-state index in [0.717, 1.165) is 28.1 Å². The van der Waals surface area contributed by atoms with Gasteiger partial charge in [-0.25, -0.2) is 9.97 Å². The largest absolute Gasteiger partial charge is 0.326 e. The van der Waals surface area contributed by atoms with Crippen LogP contribution in [0.2, 0.25) is 0 Å². The van der Waals surface area contributed by atoms with Crippen molar-refractivity contribution in [2.75, 3.05) is 0 Å². The van der Waals surface area contributed by atoms with E-state index in [1.165, 1.54) is 25.7 Å². The molecule has 0 spiro atoms. The van der Waals surface area contributed by atoms with Gasteiger partial charge in [0.25, 0.3) is 0 Å². The molecule has 1 aromatic heterocycles. The number of hydrogen-bond acceptors (Lipinski definition) is 4. The van der Waals surface area contributed by atoms with Crippen LogP contribution < -0.4 is 5.73 Å². The third-order valence-corrected chi connectivity index (χ3v) is 4.83. The smallest absolute Gasteiger partial charge is 0.138 e. The highest BCUT2D eigenvalue weighted by Crippen LogP contribution is 2.31. The summed E-state index contributed by atoms with van der Waals surface area (Å²) in [5.41, 5.74) is 7.93. The second kappa shape index (κ2) is 6.53. The average Bonchev–Trinajstić information content (AvgIpc) is 2.89. The lowest BCUT2D eigenvalue weighted by Crippen LogP contribution is -2.09. The first-order chi connectivity index (χ1) is 8.70. The van der Waals surface area contributed by atoms with Crippen LogP contribution in [0.3, 0.4) is 0 Å². The zero-order valence-electron chi connectivity index (χ0n) is 11.4. The quantitative estimate of drug-likeness (QED) is 0.888. The van der Waals surface area contributed by atoms with Crippen LogP contribution in [0.4, 0.5) is 0 Å². The fourth-order valence-corrected chi connectivity index (χ4v) is 3.62. The molecule has 1 aliphatic rings. The summed E-state index contributed by atoms with van der Waals surface area (Å²) < 4.78 is 0. The fraction of sp³-hybridized carbons (Fsp3) is 0.714. The maximum Gasteiger partial charge on any atom is 0.138 e. The summed E-state index contributed by atoms with van der Waals surface area (Å²) in [4.78, 5) is 9.13. The molecule has 18 heavy (non-hydrogen) atoms. The van der Waals surface area contributed by atoms with Gasteiger partial charge < -0.3 is 5.73 Å². The van der Waals surface area contributed by atoms with Crippen molar-refractivity contribution in [1.82, 2.24) is 9.97 Å². The first kappa shape index (κ1) is 13.8. The van der Waals surface area contributed by atoms with E-state index < -0.39 is 0 Å². The van der Waals surface area contributed by atoms with Crippen LogP contribution in [0, 0.1) is 0 Å². The van der Waals surface area contributed by atoms with E-state index in [9.17, 15) is 0 Å². The Labute approximate surface area is 114 Å². The Kier molecular flexibility index (Phi) is 5.01. The lowest BCUT2D eigenvalue weighted by Gasteiger charge is -2.12. The van der Waals surface area contributed by atoms with Crippen LogP contribution in [0.15, 0.2) is 6.20 Å². The monoisotopic (exact) mass is 265 g/mol. The van der Waals surface area contributed by atoms with E-state index in [-0.39, 0.29) is 0 Å². The minimum absolute atomic E-state index is 0.418. The summed E-state index contributed by atoms with van der Waals surface area (Å²) in [7, 11) is 0. The number of nitrogens with zero attached hydrogens (tertiary/aromatic N) is 2. The van der Waals surface area contributed by atoms with Gasteiger partial charge in [0.1, 0.15) is 5.82 Å². The molecular formula is C14H23N3S. The van der Waals surface area contributed by atoms with Crippen LogP contribution in [0.1, 0.15) is 62.5 Å². The van der Waals surface area contributed by atoms with Gasteiger partial charge in [0.2, 0.25) is 0 Å². The molecule has 0 atom stereocenters. The van der Waals surface area contributed by atoms with E-state index in [2.05, 4.69) is 18.8 Å². The topological polar surface area (TPSA) is 51.8 Å². The third kappa shape index (κ3) is 3.45. The molecule has 1 aromatic rings. The summed E-state index contributed by atoms with van der Waals surface area (Å²) in [5, 5.41) is 0.824. The van der Waals surface area contributed by atoms with Crippen LogP contribution in [-0.4, -0.2) is 15.2 Å².